The van der Waals surface area contributed by atoms with E-state index in [2.05, 4.69) is 12.1 Å². The molecule has 1 saturated heterocycles. The Morgan fingerprint density at radius 2 is 1.65 bits per heavy atom. The molecule has 1 aromatic carbocycles. The normalized spacial score (nSPS) is 20.7. The zero-order valence-corrected chi connectivity index (χ0v) is 12.8. The molecule has 0 aromatic heterocycles. The van der Waals surface area contributed by atoms with Crippen molar-refractivity contribution >= 4 is 7.12 Å². The summed E-state index contributed by atoms with van der Waals surface area (Å²) in [5.74, 6) is 1.92. The summed E-state index contributed by atoms with van der Waals surface area (Å²) < 4.78 is 17.3. The number of hydrogen-bond donors (Lipinski definition) is 0. The van der Waals surface area contributed by atoms with E-state index in [-0.39, 0.29) is 18.3 Å². The predicted molar refractivity (Wildman–Crippen MR) is 81.3 cm³/mol. The molecule has 1 fully saturated rings. The fraction of sp³-hybridized carbons (Fsp3) is 0.500. The molecule has 0 bridgehead atoms. The summed E-state index contributed by atoms with van der Waals surface area (Å²) in [6.07, 6.45) is 1.95. The van der Waals surface area contributed by atoms with E-state index in [4.69, 9.17) is 14.0 Å². The van der Waals surface area contributed by atoms with E-state index < -0.39 is 0 Å². The average molecular weight is 274 g/mol. The van der Waals surface area contributed by atoms with Crippen molar-refractivity contribution in [1.29, 1.82) is 0 Å². The van der Waals surface area contributed by atoms with E-state index in [9.17, 15) is 0 Å². The highest BCUT2D eigenvalue weighted by Crippen LogP contribution is 2.36. The fourth-order valence-corrected chi connectivity index (χ4v) is 1.95. The highest BCUT2D eigenvalue weighted by molar-refractivity contribution is 6.51. The van der Waals surface area contributed by atoms with Crippen molar-refractivity contribution in [3.63, 3.8) is 0 Å². The summed E-state index contributed by atoms with van der Waals surface area (Å²) in [7, 11) is -0.291. The average Bonchev–Trinajstić information content (AvgIpc) is 2.58. The summed E-state index contributed by atoms with van der Waals surface area (Å²) in [4.78, 5) is 0. The standard InChI is InChI=1S/C16H23BO3/c1-15(2)16(3,4)20-17(19-15)11-8-12-18-13-14-9-6-5-7-10-14/h5-11H,12-13H2,1-4H3/b11-8+. The van der Waals surface area contributed by atoms with Crippen molar-refractivity contribution < 1.29 is 14.0 Å². The number of rotatable bonds is 5. The van der Waals surface area contributed by atoms with Gasteiger partial charge in [0.15, 0.2) is 0 Å². The lowest BCUT2D eigenvalue weighted by Gasteiger charge is -2.32. The fourth-order valence-electron chi connectivity index (χ4n) is 1.95. The van der Waals surface area contributed by atoms with Crippen LogP contribution in [0, 0.1) is 0 Å². The minimum Gasteiger partial charge on any atom is -0.400 e. The molecule has 20 heavy (non-hydrogen) atoms. The highest BCUT2D eigenvalue weighted by Gasteiger charge is 2.49. The first-order valence-electron chi connectivity index (χ1n) is 7.05. The van der Waals surface area contributed by atoms with Gasteiger partial charge in [-0.3, -0.25) is 0 Å². The van der Waals surface area contributed by atoms with E-state index in [1.165, 1.54) is 5.56 Å². The van der Waals surface area contributed by atoms with Crippen molar-refractivity contribution in [2.75, 3.05) is 6.61 Å². The molecule has 0 radical (unpaired) electrons. The van der Waals surface area contributed by atoms with Crippen molar-refractivity contribution in [2.45, 2.75) is 45.5 Å². The molecule has 2 rings (SSSR count). The van der Waals surface area contributed by atoms with Gasteiger partial charge in [0.1, 0.15) is 0 Å². The van der Waals surface area contributed by atoms with Crippen LogP contribution in [0.15, 0.2) is 42.4 Å². The Morgan fingerprint density at radius 1 is 1.05 bits per heavy atom. The van der Waals surface area contributed by atoms with Crippen LogP contribution in [0.25, 0.3) is 0 Å². The smallest absolute Gasteiger partial charge is 0.400 e. The molecular weight excluding hydrogens is 251 g/mol. The van der Waals surface area contributed by atoms with Gasteiger partial charge in [0, 0.05) is 0 Å². The van der Waals surface area contributed by atoms with E-state index in [1.807, 2.05) is 57.9 Å². The maximum Gasteiger partial charge on any atom is 0.486 e. The number of hydrogen-bond acceptors (Lipinski definition) is 3. The molecule has 108 valence electrons. The van der Waals surface area contributed by atoms with Crippen LogP contribution in [0.1, 0.15) is 33.3 Å². The monoisotopic (exact) mass is 274 g/mol. The van der Waals surface area contributed by atoms with Crippen LogP contribution in [0.3, 0.4) is 0 Å². The van der Waals surface area contributed by atoms with Crippen LogP contribution in [0.2, 0.25) is 0 Å². The van der Waals surface area contributed by atoms with Crippen LogP contribution in [0.5, 0.6) is 0 Å². The Labute approximate surface area is 122 Å². The largest absolute Gasteiger partial charge is 0.486 e. The molecule has 4 heteroatoms. The third-order valence-electron chi connectivity index (χ3n) is 3.89. The molecule has 1 aromatic rings. The number of ether oxygens (including phenoxy) is 1. The van der Waals surface area contributed by atoms with E-state index in [0.29, 0.717) is 13.2 Å². The Bertz CT molecular complexity index is 438. The second kappa shape index (κ2) is 6.12. The molecule has 0 N–H and O–H groups in total. The Hall–Kier alpha value is -1.10. The van der Waals surface area contributed by atoms with Gasteiger partial charge in [0.05, 0.1) is 24.4 Å². The maximum absolute atomic E-state index is 5.86. The lowest BCUT2D eigenvalue weighted by molar-refractivity contribution is 0.00578. The summed E-state index contributed by atoms with van der Waals surface area (Å²) in [5.41, 5.74) is 0.608. The third kappa shape index (κ3) is 3.72. The van der Waals surface area contributed by atoms with Gasteiger partial charge in [0.25, 0.3) is 0 Å². The van der Waals surface area contributed by atoms with Gasteiger partial charge in [-0.1, -0.05) is 42.4 Å². The molecule has 0 unspecified atom stereocenters. The number of benzene rings is 1. The van der Waals surface area contributed by atoms with Gasteiger partial charge in [-0.25, -0.2) is 0 Å². The first-order chi connectivity index (χ1) is 9.41. The molecule has 0 aliphatic carbocycles. The summed E-state index contributed by atoms with van der Waals surface area (Å²) in [6.45, 7) is 9.37. The van der Waals surface area contributed by atoms with Gasteiger partial charge in [-0.15, -0.1) is 0 Å². The molecule has 1 aliphatic rings. The van der Waals surface area contributed by atoms with Crippen LogP contribution >= 0.6 is 0 Å². The lowest BCUT2D eigenvalue weighted by Crippen LogP contribution is -2.41. The quantitative estimate of drug-likeness (QED) is 0.608. The van der Waals surface area contributed by atoms with Gasteiger partial charge in [0.2, 0.25) is 0 Å². The zero-order chi connectivity index (χ0) is 14.6. The zero-order valence-electron chi connectivity index (χ0n) is 12.8. The first kappa shape index (κ1) is 15.3. The van der Waals surface area contributed by atoms with Gasteiger partial charge >= 0.3 is 7.12 Å². The molecule has 1 aliphatic heterocycles. The van der Waals surface area contributed by atoms with Gasteiger partial charge in [-0.05, 0) is 33.3 Å². The van der Waals surface area contributed by atoms with Crippen molar-refractivity contribution in [3.05, 3.63) is 47.9 Å². The molecule has 1 heterocycles. The molecule has 0 atom stereocenters. The second-order valence-electron chi connectivity index (χ2n) is 6.05. The molecule has 0 spiro atoms. The SMILES string of the molecule is CC1(C)OB(/C=C/COCc2ccccc2)OC1(C)C. The summed E-state index contributed by atoms with van der Waals surface area (Å²) >= 11 is 0. The molecule has 3 nitrogen and oxygen atoms in total. The van der Waals surface area contributed by atoms with Crippen molar-refractivity contribution in [1.82, 2.24) is 0 Å². The topological polar surface area (TPSA) is 27.7 Å². The summed E-state index contributed by atoms with van der Waals surface area (Å²) in [6, 6.07) is 10.1. The van der Waals surface area contributed by atoms with Crippen molar-refractivity contribution in [2.24, 2.45) is 0 Å². The van der Waals surface area contributed by atoms with Crippen LogP contribution in [0.4, 0.5) is 0 Å². The molecule has 0 saturated carbocycles. The van der Waals surface area contributed by atoms with Gasteiger partial charge < -0.3 is 14.0 Å². The Kier molecular flexibility index (Phi) is 4.68. The van der Waals surface area contributed by atoms with Gasteiger partial charge in [-0.2, -0.15) is 0 Å². The Morgan fingerprint density at radius 3 is 2.25 bits per heavy atom. The van der Waals surface area contributed by atoms with E-state index in [0.717, 1.165) is 0 Å². The highest BCUT2D eigenvalue weighted by atomic mass is 16.7. The van der Waals surface area contributed by atoms with E-state index in [1.54, 1.807) is 0 Å². The van der Waals surface area contributed by atoms with Crippen LogP contribution in [-0.2, 0) is 20.7 Å². The van der Waals surface area contributed by atoms with Crippen LogP contribution < -0.4 is 0 Å². The first-order valence-corrected chi connectivity index (χ1v) is 7.05. The third-order valence-corrected chi connectivity index (χ3v) is 3.89. The predicted octanol–water partition coefficient (Wildman–Crippen LogP) is 3.39. The molecule has 0 amide bonds. The van der Waals surface area contributed by atoms with Crippen molar-refractivity contribution in [3.8, 4) is 0 Å². The minimum absolute atomic E-state index is 0.285. The summed E-state index contributed by atoms with van der Waals surface area (Å²) in [5, 5.41) is 0. The second-order valence-corrected chi connectivity index (χ2v) is 6.05. The maximum atomic E-state index is 5.86. The van der Waals surface area contributed by atoms with E-state index >= 15 is 0 Å². The lowest BCUT2D eigenvalue weighted by atomic mass is 9.90. The molecular formula is C16H23BO3. The Balaban J connectivity index is 1.73. The van der Waals surface area contributed by atoms with Crippen LogP contribution in [-0.4, -0.2) is 24.9 Å². The minimum atomic E-state index is -0.291.